The molecule has 0 radical (unpaired) electrons. The molecule has 13 rings (SSSR count). The highest BCUT2D eigenvalue weighted by molar-refractivity contribution is 7.25. The maximum atomic E-state index is 6.37. The molecular formula is C64H43N3OS. The summed E-state index contributed by atoms with van der Waals surface area (Å²) >= 11 is 1.84. The molecule has 0 aliphatic heterocycles. The van der Waals surface area contributed by atoms with E-state index in [9.17, 15) is 0 Å². The van der Waals surface area contributed by atoms with Gasteiger partial charge in [-0.25, -0.2) is 0 Å². The van der Waals surface area contributed by atoms with Gasteiger partial charge < -0.3 is 19.1 Å². The molecule has 5 heteroatoms. The second-order valence-electron chi connectivity index (χ2n) is 17.3. The molecule has 0 unspecified atom stereocenters. The first-order chi connectivity index (χ1) is 34.2. The summed E-state index contributed by atoms with van der Waals surface area (Å²) in [5, 5.41) is 7.00. The molecule has 2 aromatic heterocycles. The van der Waals surface area contributed by atoms with Crippen LogP contribution in [0.15, 0.2) is 265 Å². The molecule has 326 valence electrons. The molecule has 0 spiro atoms. The molecule has 4 nitrogen and oxygen atoms in total. The predicted octanol–water partition coefficient (Wildman–Crippen LogP) is 19.2. The van der Waals surface area contributed by atoms with Gasteiger partial charge in [-0.1, -0.05) is 140 Å². The molecule has 0 aliphatic rings. The van der Waals surface area contributed by atoms with E-state index in [0.717, 1.165) is 95.0 Å². The molecule has 0 aliphatic carbocycles. The van der Waals surface area contributed by atoms with Crippen molar-refractivity contribution in [2.24, 2.45) is 0 Å². The number of hydrogen-bond donors (Lipinski definition) is 0. The summed E-state index contributed by atoms with van der Waals surface area (Å²) < 4.78 is 8.93. The van der Waals surface area contributed by atoms with Crippen LogP contribution in [0.1, 0.15) is 0 Å². The molecule has 0 N–H and O–H groups in total. The minimum Gasteiger partial charge on any atom is -0.456 e. The molecule has 2 heterocycles. The Hall–Kier alpha value is -8.90. The van der Waals surface area contributed by atoms with E-state index in [1.807, 2.05) is 23.5 Å². The number of hydrogen-bond acceptors (Lipinski definition) is 5. The normalized spacial score (nSPS) is 11.5. The Labute approximate surface area is 404 Å². The van der Waals surface area contributed by atoms with E-state index in [0.29, 0.717) is 0 Å². The van der Waals surface area contributed by atoms with Crippen molar-refractivity contribution in [3.05, 3.63) is 261 Å². The Bertz CT molecular complexity index is 3690. The Balaban J connectivity index is 1.05. The highest BCUT2D eigenvalue weighted by atomic mass is 32.1. The van der Waals surface area contributed by atoms with Gasteiger partial charge in [0.1, 0.15) is 11.2 Å². The monoisotopic (exact) mass is 901 g/mol. The van der Waals surface area contributed by atoms with E-state index in [4.69, 9.17) is 4.42 Å². The largest absolute Gasteiger partial charge is 0.456 e. The maximum absolute atomic E-state index is 6.37. The van der Waals surface area contributed by atoms with Crippen LogP contribution in [0.3, 0.4) is 0 Å². The van der Waals surface area contributed by atoms with Gasteiger partial charge in [-0.3, -0.25) is 0 Å². The second kappa shape index (κ2) is 17.1. The van der Waals surface area contributed by atoms with Crippen LogP contribution in [0.2, 0.25) is 0 Å². The first-order valence-electron chi connectivity index (χ1n) is 23.3. The Morgan fingerprint density at radius 3 is 1.38 bits per heavy atom. The average molecular weight is 902 g/mol. The summed E-state index contributed by atoms with van der Waals surface area (Å²) in [5.74, 6) is 0. The fraction of sp³-hybridized carbons (Fsp3) is 0. The predicted molar refractivity (Wildman–Crippen MR) is 294 cm³/mol. The number of thiophene rings is 1. The summed E-state index contributed by atoms with van der Waals surface area (Å²) in [6.07, 6.45) is 0. The van der Waals surface area contributed by atoms with E-state index in [1.165, 1.54) is 20.2 Å². The molecule has 69 heavy (non-hydrogen) atoms. The Morgan fingerprint density at radius 2 is 0.739 bits per heavy atom. The van der Waals surface area contributed by atoms with Crippen LogP contribution in [0.4, 0.5) is 51.2 Å². The fourth-order valence-corrected chi connectivity index (χ4v) is 11.2. The summed E-state index contributed by atoms with van der Waals surface area (Å²) in [7, 11) is 0. The van der Waals surface area contributed by atoms with Crippen molar-refractivity contribution in [3.8, 4) is 11.1 Å². The van der Waals surface area contributed by atoms with E-state index >= 15 is 0 Å². The number of anilines is 9. The van der Waals surface area contributed by atoms with Crippen LogP contribution in [0, 0.1) is 0 Å². The second-order valence-corrected chi connectivity index (χ2v) is 18.4. The van der Waals surface area contributed by atoms with Crippen LogP contribution in [0.5, 0.6) is 0 Å². The molecule has 0 saturated carbocycles. The topological polar surface area (TPSA) is 22.9 Å². The minimum atomic E-state index is 0.871. The molecule has 0 amide bonds. The van der Waals surface area contributed by atoms with Gasteiger partial charge >= 0.3 is 0 Å². The van der Waals surface area contributed by atoms with Gasteiger partial charge in [0.15, 0.2) is 0 Å². The molecule has 13 aromatic rings. The van der Waals surface area contributed by atoms with E-state index in [2.05, 4.69) is 263 Å². The standard InChI is InChI=1S/C64H43N3OS/c1-5-19-45(20-6-1)65(46-21-7-2-8-22-46)51-39-44(40-52(41-51)66(47-23-9-3-10-24-47)48-25-11-4-12-26-48)53-29-17-31-55-54(53)30-18-32-60(55)67(49-35-37-62-58(42-49)56-27-13-15-33-61(56)68-62)50-36-38-64-59(43-50)57-28-14-16-34-63(57)69-64/h1-43H. The van der Waals surface area contributed by atoms with Crippen molar-refractivity contribution in [3.63, 3.8) is 0 Å². The van der Waals surface area contributed by atoms with Crippen molar-refractivity contribution in [1.29, 1.82) is 0 Å². The van der Waals surface area contributed by atoms with E-state index < -0.39 is 0 Å². The van der Waals surface area contributed by atoms with Gasteiger partial charge in [0.2, 0.25) is 0 Å². The van der Waals surface area contributed by atoms with Crippen molar-refractivity contribution >= 4 is 115 Å². The van der Waals surface area contributed by atoms with Gasteiger partial charge in [-0.2, -0.15) is 0 Å². The zero-order chi connectivity index (χ0) is 45.7. The zero-order valence-corrected chi connectivity index (χ0v) is 38.3. The van der Waals surface area contributed by atoms with Crippen LogP contribution in [0.25, 0.3) is 64.0 Å². The molecule has 11 aromatic carbocycles. The van der Waals surface area contributed by atoms with Gasteiger partial charge in [0, 0.05) is 81.8 Å². The van der Waals surface area contributed by atoms with Crippen LogP contribution in [-0.2, 0) is 0 Å². The van der Waals surface area contributed by atoms with E-state index in [-0.39, 0.29) is 0 Å². The molecule has 0 fully saturated rings. The van der Waals surface area contributed by atoms with Crippen molar-refractivity contribution in [1.82, 2.24) is 0 Å². The molecule has 0 saturated heterocycles. The highest BCUT2D eigenvalue weighted by Gasteiger charge is 2.23. The summed E-state index contributed by atoms with van der Waals surface area (Å²) in [6, 6.07) is 93.8. The number of furan rings is 1. The maximum Gasteiger partial charge on any atom is 0.135 e. The van der Waals surface area contributed by atoms with Crippen LogP contribution < -0.4 is 14.7 Å². The number of para-hydroxylation sites is 5. The average Bonchev–Trinajstić information content (AvgIpc) is 3.98. The lowest BCUT2D eigenvalue weighted by Crippen LogP contribution is -2.13. The van der Waals surface area contributed by atoms with Crippen molar-refractivity contribution < 1.29 is 4.42 Å². The van der Waals surface area contributed by atoms with Gasteiger partial charge in [0.25, 0.3) is 0 Å². The summed E-state index contributed by atoms with van der Waals surface area (Å²) in [5.41, 5.74) is 13.6. The molecule has 0 bridgehead atoms. The third-order valence-corrected chi connectivity index (χ3v) is 14.3. The number of fused-ring (bicyclic) bond motifs is 7. The fourth-order valence-electron chi connectivity index (χ4n) is 10.1. The molecule has 0 atom stereocenters. The SMILES string of the molecule is c1ccc(N(c2ccccc2)c2cc(-c3cccc4c(N(c5ccc6oc7ccccc7c6c5)c5ccc6sc7ccccc7c6c5)cccc34)cc(N(c3ccccc3)c3ccccc3)c2)cc1. The Kier molecular flexibility index (Phi) is 9.99. The third-order valence-electron chi connectivity index (χ3n) is 13.2. The van der Waals surface area contributed by atoms with Crippen LogP contribution >= 0.6 is 11.3 Å². The van der Waals surface area contributed by atoms with Gasteiger partial charge in [-0.15, -0.1) is 11.3 Å². The summed E-state index contributed by atoms with van der Waals surface area (Å²) in [6.45, 7) is 0. The van der Waals surface area contributed by atoms with Gasteiger partial charge in [0.05, 0.1) is 5.69 Å². The lowest BCUT2D eigenvalue weighted by atomic mass is 9.95. The lowest BCUT2D eigenvalue weighted by molar-refractivity contribution is 0.669. The number of rotatable bonds is 10. The first-order valence-corrected chi connectivity index (χ1v) is 24.1. The summed E-state index contributed by atoms with van der Waals surface area (Å²) in [4.78, 5) is 7.15. The van der Waals surface area contributed by atoms with Crippen molar-refractivity contribution in [2.75, 3.05) is 14.7 Å². The smallest absolute Gasteiger partial charge is 0.135 e. The van der Waals surface area contributed by atoms with Crippen molar-refractivity contribution in [2.45, 2.75) is 0 Å². The quantitative estimate of drug-likeness (QED) is 0.136. The zero-order valence-electron chi connectivity index (χ0n) is 37.5. The van der Waals surface area contributed by atoms with Crippen LogP contribution in [-0.4, -0.2) is 0 Å². The first kappa shape index (κ1) is 40.4. The number of benzene rings is 11. The Morgan fingerprint density at radius 1 is 0.261 bits per heavy atom. The van der Waals surface area contributed by atoms with Gasteiger partial charge in [-0.05, 0) is 138 Å². The van der Waals surface area contributed by atoms with E-state index in [1.54, 1.807) is 0 Å². The highest BCUT2D eigenvalue weighted by Crippen LogP contribution is 2.48. The minimum absolute atomic E-state index is 0.871. The number of nitrogens with zero attached hydrogens (tertiary/aromatic N) is 3. The molecular weight excluding hydrogens is 859 g/mol. The third kappa shape index (κ3) is 7.24. The lowest BCUT2D eigenvalue weighted by Gasteiger charge is -2.30.